The number of hydrogen-bond donors (Lipinski definition) is 0. The van der Waals surface area contributed by atoms with Crippen LogP contribution in [0.15, 0.2) is 43.0 Å². The van der Waals surface area contributed by atoms with Gasteiger partial charge in [-0.2, -0.15) is 0 Å². The second kappa shape index (κ2) is 5.32. The molecule has 0 aliphatic carbocycles. The lowest BCUT2D eigenvalue weighted by Crippen LogP contribution is -2.30. The molecule has 2 atom stereocenters. The normalized spacial score (nSPS) is 23.2. The maximum atomic E-state index is 12.0. The van der Waals surface area contributed by atoms with E-state index in [0.29, 0.717) is 17.8 Å². The van der Waals surface area contributed by atoms with Crippen molar-refractivity contribution in [3.05, 3.63) is 48.6 Å². The first-order valence-electron chi connectivity index (χ1n) is 5.67. The molecule has 0 N–H and O–H groups in total. The SMILES string of the molecule is C=CC1SC=[N+](CC(=O)c2ccccc2)C1C. The third-order valence-corrected chi connectivity index (χ3v) is 4.30. The lowest BCUT2D eigenvalue weighted by molar-refractivity contribution is -0.538. The van der Waals surface area contributed by atoms with Crippen molar-refractivity contribution in [1.82, 2.24) is 0 Å². The second-order valence-electron chi connectivity index (χ2n) is 4.14. The fraction of sp³-hybridized carbons (Fsp3) is 0.286. The summed E-state index contributed by atoms with van der Waals surface area (Å²) < 4.78 is 2.09. The van der Waals surface area contributed by atoms with Crippen LogP contribution in [0.5, 0.6) is 0 Å². The molecule has 1 aromatic carbocycles. The highest BCUT2D eigenvalue weighted by Gasteiger charge is 2.32. The van der Waals surface area contributed by atoms with E-state index in [0.717, 1.165) is 5.56 Å². The van der Waals surface area contributed by atoms with Gasteiger partial charge in [-0.25, -0.2) is 4.58 Å². The van der Waals surface area contributed by atoms with Crippen LogP contribution in [-0.4, -0.2) is 33.7 Å². The predicted octanol–water partition coefficient (Wildman–Crippen LogP) is 2.60. The molecule has 2 rings (SSSR count). The highest BCUT2D eigenvalue weighted by molar-refractivity contribution is 8.12. The molecule has 0 saturated carbocycles. The maximum absolute atomic E-state index is 12.0. The summed E-state index contributed by atoms with van der Waals surface area (Å²) in [5.74, 6) is 0.166. The molecular weight excluding hydrogens is 230 g/mol. The number of carbonyl (C=O) groups excluding carboxylic acids is 1. The molecular formula is C14H16NOS+. The van der Waals surface area contributed by atoms with Crippen LogP contribution < -0.4 is 0 Å². The molecule has 2 unspecified atom stereocenters. The van der Waals surface area contributed by atoms with Crippen LogP contribution in [0.1, 0.15) is 17.3 Å². The molecule has 0 radical (unpaired) electrons. The van der Waals surface area contributed by atoms with E-state index in [1.54, 1.807) is 11.8 Å². The van der Waals surface area contributed by atoms with Crippen molar-refractivity contribution in [3.8, 4) is 0 Å². The molecule has 0 bridgehead atoms. The molecule has 0 saturated heterocycles. The fourth-order valence-electron chi connectivity index (χ4n) is 1.86. The van der Waals surface area contributed by atoms with Crippen LogP contribution >= 0.6 is 11.8 Å². The molecule has 0 spiro atoms. The van der Waals surface area contributed by atoms with Gasteiger partial charge in [0.2, 0.25) is 12.3 Å². The summed E-state index contributed by atoms with van der Waals surface area (Å²) in [6.07, 6.45) is 1.94. The first-order chi connectivity index (χ1) is 8.22. The summed E-state index contributed by atoms with van der Waals surface area (Å²) in [4.78, 5) is 12.0. The van der Waals surface area contributed by atoms with Gasteiger partial charge < -0.3 is 0 Å². The zero-order valence-corrected chi connectivity index (χ0v) is 10.7. The van der Waals surface area contributed by atoms with Gasteiger partial charge in [-0.15, -0.1) is 6.58 Å². The van der Waals surface area contributed by atoms with E-state index in [4.69, 9.17) is 0 Å². The Labute approximate surface area is 106 Å². The summed E-state index contributed by atoms with van der Waals surface area (Å²) in [6.45, 7) is 6.39. The van der Waals surface area contributed by atoms with Crippen LogP contribution in [0.2, 0.25) is 0 Å². The fourth-order valence-corrected chi connectivity index (χ4v) is 2.92. The third-order valence-electron chi connectivity index (χ3n) is 3.01. The smallest absolute Gasteiger partial charge is 0.227 e. The molecule has 2 nitrogen and oxygen atoms in total. The zero-order valence-electron chi connectivity index (χ0n) is 9.87. The zero-order chi connectivity index (χ0) is 12.3. The molecule has 1 aliphatic rings. The Balaban J connectivity index is 2.04. The van der Waals surface area contributed by atoms with Crippen LogP contribution in [0, 0.1) is 0 Å². The Morgan fingerprint density at radius 3 is 2.76 bits per heavy atom. The minimum absolute atomic E-state index is 0.166. The second-order valence-corrected chi connectivity index (χ2v) is 5.17. The monoisotopic (exact) mass is 246 g/mol. The van der Waals surface area contributed by atoms with Crippen molar-refractivity contribution in [3.63, 3.8) is 0 Å². The van der Waals surface area contributed by atoms with Crippen molar-refractivity contribution in [1.29, 1.82) is 0 Å². The molecule has 1 aromatic rings. The Morgan fingerprint density at radius 1 is 1.47 bits per heavy atom. The van der Waals surface area contributed by atoms with Gasteiger partial charge in [-0.05, 0) is 6.92 Å². The number of nitrogens with zero attached hydrogens (tertiary/aromatic N) is 1. The van der Waals surface area contributed by atoms with E-state index >= 15 is 0 Å². The molecule has 17 heavy (non-hydrogen) atoms. The van der Waals surface area contributed by atoms with Crippen molar-refractivity contribution in [2.75, 3.05) is 6.54 Å². The van der Waals surface area contributed by atoms with Gasteiger partial charge in [0.05, 0.1) is 5.25 Å². The lowest BCUT2D eigenvalue weighted by Gasteiger charge is -2.08. The largest absolute Gasteiger partial charge is 0.287 e. The Kier molecular flexibility index (Phi) is 3.79. The quantitative estimate of drug-likeness (QED) is 0.462. The van der Waals surface area contributed by atoms with Crippen LogP contribution in [0.25, 0.3) is 0 Å². The number of carbonyl (C=O) groups is 1. The molecule has 88 valence electrons. The van der Waals surface area contributed by atoms with E-state index in [2.05, 4.69) is 18.1 Å². The van der Waals surface area contributed by atoms with Crippen LogP contribution in [-0.2, 0) is 0 Å². The number of benzene rings is 1. The molecule has 0 amide bonds. The molecule has 0 fully saturated rings. The van der Waals surface area contributed by atoms with Crippen molar-refractivity contribution in [2.24, 2.45) is 0 Å². The van der Waals surface area contributed by atoms with Gasteiger partial charge >= 0.3 is 0 Å². The Morgan fingerprint density at radius 2 is 2.18 bits per heavy atom. The number of rotatable bonds is 4. The topological polar surface area (TPSA) is 20.1 Å². The molecule has 1 aliphatic heterocycles. The van der Waals surface area contributed by atoms with Gasteiger partial charge in [0, 0.05) is 5.56 Å². The molecule has 1 heterocycles. The van der Waals surface area contributed by atoms with Gasteiger partial charge in [-0.3, -0.25) is 4.79 Å². The first-order valence-corrected chi connectivity index (χ1v) is 6.62. The minimum Gasteiger partial charge on any atom is -0.287 e. The van der Waals surface area contributed by atoms with E-state index < -0.39 is 0 Å². The number of ketones is 1. The van der Waals surface area contributed by atoms with Crippen LogP contribution in [0.4, 0.5) is 0 Å². The average molecular weight is 246 g/mol. The number of thioether (sulfide) groups is 1. The van der Waals surface area contributed by atoms with Gasteiger partial charge in [-0.1, -0.05) is 48.2 Å². The van der Waals surface area contributed by atoms with Crippen molar-refractivity contribution in [2.45, 2.75) is 18.2 Å². The van der Waals surface area contributed by atoms with E-state index in [1.165, 1.54) is 0 Å². The van der Waals surface area contributed by atoms with E-state index in [-0.39, 0.29) is 5.78 Å². The van der Waals surface area contributed by atoms with Gasteiger partial charge in [0.15, 0.2) is 11.6 Å². The minimum atomic E-state index is 0.166. The molecule has 0 aromatic heterocycles. The third kappa shape index (κ3) is 2.67. The van der Waals surface area contributed by atoms with Crippen molar-refractivity contribution >= 4 is 23.1 Å². The van der Waals surface area contributed by atoms with Gasteiger partial charge in [0.1, 0.15) is 0 Å². The van der Waals surface area contributed by atoms with E-state index in [1.807, 2.05) is 42.0 Å². The summed E-state index contributed by atoms with van der Waals surface area (Å²) in [5.41, 5.74) is 2.82. The van der Waals surface area contributed by atoms with Crippen molar-refractivity contribution < 1.29 is 9.37 Å². The standard InChI is InChI=1S/C14H16NOS/c1-3-14-11(2)15(10-17-14)9-13(16)12-7-5-4-6-8-12/h3-8,10-11,14H,1,9H2,2H3/q+1. The number of hydrogen-bond acceptors (Lipinski definition) is 2. The summed E-state index contributed by atoms with van der Waals surface area (Å²) in [6, 6.07) is 9.77. The Bertz CT molecular complexity index is 453. The summed E-state index contributed by atoms with van der Waals surface area (Å²) in [7, 11) is 0. The highest BCUT2D eigenvalue weighted by atomic mass is 32.2. The lowest BCUT2D eigenvalue weighted by atomic mass is 10.1. The summed E-state index contributed by atoms with van der Waals surface area (Å²) >= 11 is 1.73. The van der Waals surface area contributed by atoms with Crippen LogP contribution in [0.3, 0.4) is 0 Å². The average Bonchev–Trinajstić information content (AvgIpc) is 2.71. The first kappa shape index (κ1) is 12.1. The maximum Gasteiger partial charge on any atom is 0.227 e. The number of Topliss-reactive ketones (excluding diaryl/α,β-unsaturated/α-hetero) is 1. The molecule has 3 heteroatoms. The highest BCUT2D eigenvalue weighted by Crippen LogP contribution is 2.22. The predicted molar refractivity (Wildman–Crippen MR) is 73.0 cm³/mol. The summed E-state index contributed by atoms with van der Waals surface area (Å²) in [5, 5.41) is 0.388. The van der Waals surface area contributed by atoms with E-state index in [9.17, 15) is 4.79 Å². The Hall–Kier alpha value is -1.35. The van der Waals surface area contributed by atoms with Gasteiger partial charge in [0.25, 0.3) is 0 Å².